The second-order valence-corrected chi connectivity index (χ2v) is 5.45. The average molecular weight is 263 g/mol. The van der Waals surface area contributed by atoms with Crippen molar-refractivity contribution >= 4 is 5.91 Å². The molecule has 1 fully saturated rings. The molecule has 0 radical (unpaired) electrons. The molecule has 3 N–H and O–H groups in total. The Morgan fingerprint density at radius 1 is 1.37 bits per heavy atom. The molecule has 1 aromatic rings. The lowest BCUT2D eigenvalue weighted by Gasteiger charge is -2.25. The van der Waals surface area contributed by atoms with Gasteiger partial charge in [-0.2, -0.15) is 0 Å². The first-order valence-corrected chi connectivity index (χ1v) is 6.81. The molecule has 0 aliphatic heterocycles. The number of hydrogen-bond acceptors (Lipinski definition) is 3. The number of aryl methyl sites for hydroxylation is 1. The van der Waals surface area contributed by atoms with Gasteiger partial charge in [-0.1, -0.05) is 6.42 Å². The van der Waals surface area contributed by atoms with E-state index in [1.807, 2.05) is 6.92 Å². The second kappa shape index (κ2) is 6.06. The van der Waals surface area contributed by atoms with Gasteiger partial charge >= 0.3 is 0 Å². The van der Waals surface area contributed by atoms with Crippen molar-refractivity contribution in [1.29, 1.82) is 0 Å². The first-order chi connectivity index (χ1) is 9.04. The molecule has 0 spiro atoms. The van der Waals surface area contributed by atoms with E-state index in [0.717, 1.165) is 31.2 Å². The lowest BCUT2D eigenvalue weighted by Crippen LogP contribution is -2.33. The zero-order chi connectivity index (χ0) is 13.8. The number of phenolic OH excluding ortho intramolecular Hbond substituents is 1. The fourth-order valence-electron chi connectivity index (χ4n) is 2.68. The molecule has 2 rings (SSSR count). The number of carbonyl (C=O) groups excluding carboxylic acids is 1. The molecule has 1 amide bonds. The van der Waals surface area contributed by atoms with Crippen LogP contribution in [0.5, 0.6) is 5.75 Å². The Kier molecular flexibility index (Phi) is 4.43. The Labute approximate surface area is 113 Å². The third kappa shape index (κ3) is 3.96. The normalized spacial score (nSPS) is 23.1. The Balaban J connectivity index is 1.90. The average Bonchev–Trinajstić information content (AvgIpc) is 2.35. The summed E-state index contributed by atoms with van der Waals surface area (Å²) in [5.41, 5.74) is 1.34. The van der Waals surface area contributed by atoms with Crippen LogP contribution < -0.4 is 5.32 Å². The van der Waals surface area contributed by atoms with Crippen molar-refractivity contribution in [1.82, 2.24) is 5.32 Å². The minimum Gasteiger partial charge on any atom is -0.508 e. The summed E-state index contributed by atoms with van der Waals surface area (Å²) in [7, 11) is 0. The highest BCUT2D eigenvalue weighted by atomic mass is 16.3. The SMILES string of the molecule is Cc1cc(O)cc(C(=O)NCC2CCCC(O)C2)c1. The summed E-state index contributed by atoms with van der Waals surface area (Å²) >= 11 is 0. The third-order valence-corrected chi connectivity index (χ3v) is 3.63. The lowest BCUT2D eigenvalue weighted by atomic mass is 9.87. The third-order valence-electron chi connectivity index (χ3n) is 3.63. The maximum absolute atomic E-state index is 12.0. The maximum Gasteiger partial charge on any atom is 0.251 e. The van der Waals surface area contributed by atoms with Gasteiger partial charge in [0.1, 0.15) is 5.75 Å². The summed E-state index contributed by atoms with van der Waals surface area (Å²) in [5, 5.41) is 22.0. The van der Waals surface area contributed by atoms with Crippen molar-refractivity contribution in [3.8, 4) is 5.75 Å². The van der Waals surface area contributed by atoms with E-state index in [2.05, 4.69) is 5.32 Å². The van der Waals surface area contributed by atoms with Crippen LogP contribution in [0.1, 0.15) is 41.6 Å². The molecule has 0 aromatic heterocycles. The first kappa shape index (κ1) is 13.9. The lowest BCUT2D eigenvalue weighted by molar-refractivity contribution is 0.0873. The Morgan fingerprint density at radius 3 is 2.84 bits per heavy atom. The summed E-state index contributed by atoms with van der Waals surface area (Å²) in [6.45, 7) is 2.43. The number of aliphatic hydroxyl groups excluding tert-OH is 1. The van der Waals surface area contributed by atoms with E-state index >= 15 is 0 Å². The fraction of sp³-hybridized carbons (Fsp3) is 0.533. The van der Waals surface area contributed by atoms with Gasteiger partial charge in [0.15, 0.2) is 0 Å². The number of nitrogens with one attached hydrogen (secondary N) is 1. The highest BCUT2D eigenvalue weighted by Crippen LogP contribution is 2.23. The van der Waals surface area contributed by atoms with E-state index < -0.39 is 0 Å². The highest BCUT2D eigenvalue weighted by Gasteiger charge is 2.20. The number of benzene rings is 1. The van der Waals surface area contributed by atoms with E-state index in [-0.39, 0.29) is 17.8 Å². The quantitative estimate of drug-likeness (QED) is 0.781. The van der Waals surface area contributed by atoms with Crippen molar-refractivity contribution in [2.45, 2.75) is 38.7 Å². The molecule has 1 aromatic carbocycles. The van der Waals surface area contributed by atoms with Crippen LogP contribution in [-0.4, -0.2) is 28.8 Å². The van der Waals surface area contributed by atoms with Gasteiger partial charge in [0.2, 0.25) is 0 Å². The molecular formula is C15H21NO3. The van der Waals surface area contributed by atoms with Crippen molar-refractivity contribution < 1.29 is 15.0 Å². The number of aromatic hydroxyl groups is 1. The van der Waals surface area contributed by atoms with E-state index in [1.165, 1.54) is 6.07 Å². The molecule has 0 saturated heterocycles. The van der Waals surface area contributed by atoms with Crippen LogP contribution in [0.3, 0.4) is 0 Å². The predicted octanol–water partition coefficient (Wildman–Crippen LogP) is 1.98. The van der Waals surface area contributed by atoms with Crippen molar-refractivity contribution in [3.63, 3.8) is 0 Å². The van der Waals surface area contributed by atoms with Crippen LogP contribution >= 0.6 is 0 Å². The van der Waals surface area contributed by atoms with Crippen LogP contribution in [0.15, 0.2) is 18.2 Å². The van der Waals surface area contributed by atoms with Gasteiger partial charge in [-0.05, 0) is 55.9 Å². The van der Waals surface area contributed by atoms with Crippen molar-refractivity contribution in [3.05, 3.63) is 29.3 Å². The molecule has 2 unspecified atom stereocenters. The Morgan fingerprint density at radius 2 is 2.16 bits per heavy atom. The second-order valence-electron chi connectivity index (χ2n) is 5.45. The molecule has 104 valence electrons. The number of carbonyl (C=O) groups is 1. The minimum atomic E-state index is -0.223. The number of phenols is 1. The zero-order valence-corrected chi connectivity index (χ0v) is 11.2. The number of hydrogen-bond donors (Lipinski definition) is 3. The topological polar surface area (TPSA) is 69.6 Å². The van der Waals surface area contributed by atoms with E-state index in [1.54, 1.807) is 12.1 Å². The van der Waals surface area contributed by atoms with Crippen LogP contribution in [0.25, 0.3) is 0 Å². The first-order valence-electron chi connectivity index (χ1n) is 6.81. The van der Waals surface area contributed by atoms with Gasteiger partial charge in [0.25, 0.3) is 5.91 Å². The number of rotatable bonds is 3. The standard InChI is InChI=1S/C15H21NO3/c1-10-5-12(8-14(18)6-10)15(19)16-9-11-3-2-4-13(17)7-11/h5-6,8,11,13,17-18H,2-4,7,9H2,1H3,(H,16,19). The number of amides is 1. The molecule has 0 bridgehead atoms. The highest BCUT2D eigenvalue weighted by molar-refractivity contribution is 5.94. The Hall–Kier alpha value is -1.55. The molecule has 4 nitrogen and oxygen atoms in total. The summed E-state index contributed by atoms with van der Waals surface area (Å²) in [4.78, 5) is 12.0. The molecule has 1 aliphatic rings. The summed E-state index contributed by atoms with van der Waals surface area (Å²) in [5.74, 6) is 0.295. The molecule has 19 heavy (non-hydrogen) atoms. The van der Waals surface area contributed by atoms with E-state index in [0.29, 0.717) is 18.0 Å². The summed E-state index contributed by atoms with van der Waals surface area (Å²) in [6.07, 6.45) is 3.48. The van der Waals surface area contributed by atoms with Crippen molar-refractivity contribution in [2.75, 3.05) is 6.54 Å². The maximum atomic E-state index is 12.0. The summed E-state index contributed by atoms with van der Waals surface area (Å²) in [6, 6.07) is 4.84. The fourth-order valence-corrected chi connectivity index (χ4v) is 2.68. The molecular weight excluding hydrogens is 242 g/mol. The van der Waals surface area contributed by atoms with Gasteiger partial charge in [-0.3, -0.25) is 4.79 Å². The van der Waals surface area contributed by atoms with Gasteiger partial charge in [-0.15, -0.1) is 0 Å². The largest absolute Gasteiger partial charge is 0.508 e. The van der Waals surface area contributed by atoms with Gasteiger partial charge in [0.05, 0.1) is 6.10 Å². The predicted molar refractivity (Wildman–Crippen MR) is 73.1 cm³/mol. The molecule has 4 heteroatoms. The molecule has 0 heterocycles. The van der Waals surface area contributed by atoms with Crippen LogP contribution in [0.2, 0.25) is 0 Å². The zero-order valence-electron chi connectivity index (χ0n) is 11.2. The van der Waals surface area contributed by atoms with Gasteiger partial charge in [0, 0.05) is 12.1 Å². The van der Waals surface area contributed by atoms with Crippen LogP contribution in [-0.2, 0) is 0 Å². The Bertz CT molecular complexity index is 438. The van der Waals surface area contributed by atoms with Crippen molar-refractivity contribution in [2.24, 2.45) is 5.92 Å². The number of aliphatic hydroxyl groups is 1. The minimum absolute atomic E-state index is 0.109. The van der Waals surface area contributed by atoms with Gasteiger partial charge in [-0.25, -0.2) is 0 Å². The molecule has 1 aliphatic carbocycles. The van der Waals surface area contributed by atoms with E-state index in [9.17, 15) is 15.0 Å². The van der Waals surface area contributed by atoms with Crippen LogP contribution in [0, 0.1) is 12.8 Å². The smallest absolute Gasteiger partial charge is 0.251 e. The molecule has 1 saturated carbocycles. The molecule has 2 atom stereocenters. The van der Waals surface area contributed by atoms with E-state index in [4.69, 9.17) is 0 Å². The van der Waals surface area contributed by atoms with Crippen LogP contribution in [0.4, 0.5) is 0 Å². The monoisotopic (exact) mass is 263 g/mol. The summed E-state index contributed by atoms with van der Waals surface area (Å²) < 4.78 is 0. The van der Waals surface area contributed by atoms with Gasteiger partial charge < -0.3 is 15.5 Å².